The largest absolute Gasteiger partial charge is 0.380 e. The van der Waals surface area contributed by atoms with Crippen molar-refractivity contribution in [3.8, 4) is 0 Å². The fraction of sp³-hybridized carbons (Fsp3) is 1.00. The van der Waals surface area contributed by atoms with Gasteiger partial charge in [-0.05, 0) is 26.3 Å². The Balaban J connectivity index is 2.41. The first kappa shape index (κ1) is 8.97. The van der Waals surface area contributed by atoms with Crippen LogP contribution in [0.3, 0.4) is 0 Å². The molecule has 1 aliphatic rings. The van der Waals surface area contributed by atoms with Gasteiger partial charge in [0, 0.05) is 19.2 Å². The van der Waals surface area contributed by atoms with E-state index in [4.69, 9.17) is 10.5 Å². The van der Waals surface area contributed by atoms with Crippen molar-refractivity contribution in [2.24, 2.45) is 5.73 Å². The lowest BCUT2D eigenvalue weighted by Gasteiger charge is -2.33. The smallest absolute Gasteiger partial charge is 0.0738 e. The third kappa shape index (κ3) is 2.15. The average Bonchev–Trinajstić information content (AvgIpc) is 2.04. The summed E-state index contributed by atoms with van der Waals surface area (Å²) in [6.07, 6.45) is 3.55. The average molecular weight is 158 g/mol. The van der Waals surface area contributed by atoms with Crippen molar-refractivity contribution >= 4 is 0 Å². The molecule has 3 atom stereocenters. The molecule has 0 radical (unpaired) electrons. The van der Waals surface area contributed by atoms with E-state index in [1.165, 1.54) is 0 Å². The topological polar surface area (TPSA) is 47.3 Å². The molecule has 0 aromatic heterocycles. The number of nitrogens with two attached hydrogens (primary N) is 1. The lowest BCUT2D eigenvalue weighted by Crippen LogP contribution is -2.47. The van der Waals surface area contributed by atoms with Crippen LogP contribution in [0.25, 0.3) is 0 Å². The second kappa shape index (κ2) is 4.04. The highest BCUT2D eigenvalue weighted by molar-refractivity contribution is 4.86. The maximum Gasteiger partial charge on any atom is 0.0738 e. The molecule has 1 saturated carbocycles. The molecule has 1 rings (SSSR count). The molecule has 66 valence electrons. The molecule has 3 unspecified atom stereocenters. The molecule has 3 N–H and O–H groups in total. The van der Waals surface area contributed by atoms with Gasteiger partial charge in [-0.15, -0.1) is 0 Å². The molecule has 1 aliphatic carbocycles. The van der Waals surface area contributed by atoms with Crippen LogP contribution in [0.2, 0.25) is 0 Å². The summed E-state index contributed by atoms with van der Waals surface area (Å²) in [6, 6.07) is 0.837. The van der Waals surface area contributed by atoms with Crippen LogP contribution in [-0.4, -0.2) is 32.3 Å². The minimum absolute atomic E-state index is 0.309. The van der Waals surface area contributed by atoms with E-state index in [1.807, 2.05) is 7.05 Å². The summed E-state index contributed by atoms with van der Waals surface area (Å²) in [5, 5.41) is 3.24. The molecule has 0 aromatic rings. The van der Waals surface area contributed by atoms with E-state index in [0.29, 0.717) is 18.2 Å². The highest BCUT2D eigenvalue weighted by Crippen LogP contribution is 2.19. The molecule has 0 saturated heterocycles. The molecule has 1 fully saturated rings. The summed E-state index contributed by atoms with van der Waals surface area (Å²) in [5.74, 6) is 0. The lowest BCUT2D eigenvalue weighted by atomic mass is 9.89. The van der Waals surface area contributed by atoms with E-state index in [2.05, 4.69) is 5.32 Å². The van der Waals surface area contributed by atoms with Gasteiger partial charge in [0.2, 0.25) is 0 Å². The van der Waals surface area contributed by atoms with Crippen molar-refractivity contribution in [1.82, 2.24) is 5.32 Å². The van der Waals surface area contributed by atoms with Gasteiger partial charge in [0.1, 0.15) is 0 Å². The Bertz CT molecular complexity index is 119. The molecule has 11 heavy (non-hydrogen) atoms. The van der Waals surface area contributed by atoms with Crippen molar-refractivity contribution in [1.29, 1.82) is 0 Å². The predicted octanol–water partition coefficient (Wildman–Crippen LogP) is 0.101. The van der Waals surface area contributed by atoms with Crippen LogP contribution in [0.1, 0.15) is 19.3 Å². The van der Waals surface area contributed by atoms with E-state index in [1.54, 1.807) is 7.11 Å². The van der Waals surface area contributed by atoms with Gasteiger partial charge in [0.25, 0.3) is 0 Å². The van der Waals surface area contributed by atoms with Crippen LogP contribution < -0.4 is 11.1 Å². The minimum Gasteiger partial charge on any atom is -0.380 e. The summed E-state index contributed by atoms with van der Waals surface area (Å²) in [4.78, 5) is 0. The second-order valence-electron chi connectivity index (χ2n) is 3.24. The molecular formula is C8H18N2O. The standard InChI is InChI=1S/C8H18N2O/c1-10-7-4-3-6(9)5-8(7)11-2/h6-8,10H,3-5,9H2,1-2H3. The Kier molecular flexibility index (Phi) is 3.30. The minimum atomic E-state index is 0.309. The van der Waals surface area contributed by atoms with Crippen LogP contribution in [0, 0.1) is 0 Å². The maximum absolute atomic E-state index is 5.81. The zero-order chi connectivity index (χ0) is 8.27. The predicted molar refractivity (Wildman–Crippen MR) is 45.5 cm³/mol. The van der Waals surface area contributed by atoms with Gasteiger partial charge in [-0.25, -0.2) is 0 Å². The molecule has 0 aromatic carbocycles. The lowest BCUT2D eigenvalue weighted by molar-refractivity contribution is 0.0383. The normalized spacial score (nSPS) is 39.0. The second-order valence-corrected chi connectivity index (χ2v) is 3.24. The van der Waals surface area contributed by atoms with E-state index in [9.17, 15) is 0 Å². The van der Waals surface area contributed by atoms with E-state index >= 15 is 0 Å². The van der Waals surface area contributed by atoms with Crippen molar-refractivity contribution in [2.45, 2.75) is 37.5 Å². The van der Waals surface area contributed by atoms with Crippen LogP contribution in [0.15, 0.2) is 0 Å². The Hall–Kier alpha value is -0.120. The zero-order valence-electron chi connectivity index (χ0n) is 7.34. The van der Waals surface area contributed by atoms with Gasteiger partial charge in [-0.2, -0.15) is 0 Å². The zero-order valence-corrected chi connectivity index (χ0v) is 7.34. The summed E-state index contributed by atoms with van der Waals surface area (Å²) in [7, 11) is 3.74. The number of hydrogen-bond donors (Lipinski definition) is 2. The number of ether oxygens (including phenoxy) is 1. The van der Waals surface area contributed by atoms with Crippen molar-refractivity contribution in [2.75, 3.05) is 14.2 Å². The monoisotopic (exact) mass is 158 g/mol. The third-order valence-corrected chi connectivity index (χ3v) is 2.51. The summed E-state index contributed by atoms with van der Waals surface area (Å²) in [5.41, 5.74) is 5.81. The van der Waals surface area contributed by atoms with Crippen LogP contribution in [0.5, 0.6) is 0 Å². The number of rotatable bonds is 2. The molecule has 0 heterocycles. The Morgan fingerprint density at radius 3 is 2.73 bits per heavy atom. The van der Waals surface area contributed by atoms with Gasteiger partial charge in [-0.1, -0.05) is 0 Å². The van der Waals surface area contributed by atoms with E-state index in [0.717, 1.165) is 19.3 Å². The number of methoxy groups -OCH3 is 1. The molecule has 3 nitrogen and oxygen atoms in total. The van der Waals surface area contributed by atoms with Gasteiger partial charge in [-0.3, -0.25) is 0 Å². The molecule has 3 heteroatoms. The number of nitrogens with one attached hydrogen (secondary N) is 1. The first-order valence-corrected chi connectivity index (χ1v) is 4.23. The Morgan fingerprint density at radius 1 is 1.45 bits per heavy atom. The van der Waals surface area contributed by atoms with Gasteiger partial charge in [0.05, 0.1) is 6.10 Å². The quantitative estimate of drug-likeness (QED) is 0.599. The Morgan fingerprint density at radius 2 is 2.18 bits per heavy atom. The van der Waals surface area contributed by atoms with Crippen LogP contribution >= 0.6 is 0 Å². The summed E-state index contributed by atoms with van der Waals surface area (Å²) >= 11 is 0. The van der Waals surface area contributed by atoms with Gasteiger partial charge < -0.3 is 15.8 Å². The first-order chi connectivity index (χ1) is 5.27. The molecule has 0 amide bonds. The molecule has 0 aliphatic heterocycles. The maximum atomic E-state index is 5.81. The highest BCUT2D eigenvalue weighted by Gasteiger charge is 2.27. The fourth-order valence-corrected chi connectivity index (χ4v) is 1.75. The van der Waals surface area contributed by atoms with Crippen LogP contribution in [-0.2, 0) is 4.74 Å². The summed E-state index contributed by atoms with van der Waals surface area (Å²) in [6.45, 7) is 0. The molecule has 0 bridgehead atoms. The van der Waals surface area contributed by atoms with Crippen molar-refractivity contribution < 1.29 is 4.74 Å². The summed E-state index contributed by atoms with van der Waals surface area (Å²) < 4.78 is 5.32. The van der Waals surface area contributed by atoms with Gasteiger partial charge in [0.15, 0.2) is 0 Å². The van der Waals surface area contributed by atoms with Crippen LogP contribution in [0.4, 0.5) is 0 Å². The van der Waals surface area contributed by atoms with Crippen molar-refractivity contribution in [3.05, 3.63) is 0 Å². The molecular weight excluding hydrogens is 140 g/mol. The van der Waals surface area contributed by atoms with E-state index in [-0.39, 0.29) is 0 Å². The SMILES string of the molecule is CNC1CCC(N)CC1OC. The highest BCUT2D eigenvalue weighted by atomic mass is 16.5. The van der Waals surface area contributed by atoms with E-state index < -0.39 is 0 Å². The van der Waals surface area contributed by atoms with Crippen molar-refractivity contribution in [3.63, 3.8) is 0 Å². The Labute approximate surface area is 68.3 Å². The number of hydrogen-bond acceptors (Lipinski definition) is 3. The fourth-order valence-electron chi connectivity index (χ4n) is 1.75. The first-order valence-electron chi connectivity index (χ1n) is 4.23. The number of likely N-dealkylation sites (N-methyl/N-ethyl adjacent to an activating group) is 1. The third-order valence-electron chi connectivity index (χ3n) is 2.51. The molecule has 0 spiro atoms. The van der Waals surface area contributed by atoms with Gasteiger partial charge >= 0.3 is 0 Å².